The van der Waals surface area contributed by atoms with Gasteiger partial charge in [0.05, 0.1) is 0 Å². The van der Waals surface area contributed by atoms with Crippen molar-refractivity contribution < 1.29 is 14.3 Å². The van der Waals surface area contributed by atoms with Gasteiger partial charge in [-0.1, -0.05) is 26.0 Å². The molecule has 0 aliphatic heterocycles. The third kappa shape index (κ3) is 5.37. The number of carbonyl (C=O) groups excluding carboxylic acids is 2. The van der Waals surface area contributed by atoms with Crippen LogP contribution in [0.1, 0.15) is 31.4 Å². The summed E-state index contributed by atoms with van der Waals surface area (Å²) < 4.78 is 4.91. The van der Waals surface area contributed by atoms with E-state index in [1.165, 1.54) is 7.11 Å². The zero-order valence-corrected chi connectivity index (χ0v) is 13.4. The second-order valence-corrected chi connectivity index (χ2v) is 5.03. The molecule has 0 unspecified atom stereocenters. The third-order valence-electron chi connectivity index (χ3n) is 3.47. The average Bonchev–Trinajstić information content (AvgIpc) is 2.50. The van der Waals surface area contributed by atoms with Crippen molar-refractivity contribution in [3.8, 4) is 0 Å². The Morgan fingerprint density at radius 1 is 1.27 bits per heavy atom. The fraction of sp³-hybridized carbons (Fsp3) is 0.500. The van der Waals surface area contributed by atoms with E-state index in [1.807, 2.05) is 25.1 Å². The van der Waals surface area contributed by atoms with Crippen molar-refractivity contribution in [2.45, 2.75) is 39.2 Å². The highest BCUT2D eigenvalue weighted by molar-refractivity contribution is 5.94. The summed E-state index contributed by atoms with van der Waals surface area (Å²) in [6.45, 7) is 4.42. The Morgan fingerprint density at radius 2 is 2.00 bits per heavy atom. The van der Waals surface area contributed by atoms with E-state index in [9.17, 15) is 9.59 Å². The number of primary amides is 1. The molecule has 0 radical (unpaired) electrons. The number of ether oxygens (including phenoxy) is 1. The van der Waals surface area contributed by atoms with Gasteiger partial charge < -0.3 is 21.1 Å². The molecule has 4 N–H and O–H groups in total. The van der Waals surface area contributed by atoms with Crippen LogP contribution in [-0.2, 0) is 22.4 Å². The summed E-state index contributed by atoms with van der Waals surface area (Å²) in [4.78, 5) is 23.4. The van der Waals surface area contributed by atoms with Crippen LogP contribution in [0.25, 0.3) is 0 Å². The zero-order chi connectivity index (χ0) is 16.5. The largest absolute Gasteiger partial charge is 0.385 e. The molecule has 0 saturated carbocycles. The molecule has 0 fully saturated rings. The molecule has 0 saturated heterocycles. The summed E-state index contributed by atoms with van der Waals surface area (Å²) in [7, 11) is 1.53. The van der Waals surface area contributed by atoms with Crippen molar-refractivity contribution in [3.05, 3.63) is 29.3 Å². The molecule has 1 rings (SSSR count). The van der Waals surface area contributed by atoms with Crippen molar-refractivity contribution in [2.24, 2.45) is 5.73 Å². The summed E-state index contributed by atoms with van der Waals surface area (Å²) >= 11 is 0. The van der Waals surface area contributed by atoms with Gasteiger partial charge in [-0.3, -0.25) is 4.79 Å². The van der Waals surface area contributed by atoms with E-state index in [-0.39, 0.29) is 0 Å². The van der Waals surface area contributed by atoms with Crippen LogP contribution >= 0.6 is 0 Å². The standard InChI is InChI=1S/C16H25N3O3/c1-4-11-6-7-12(5-2)14(10-11)19-16(21)18-13(15(17)20)8-9-22-3/h6-7,10,13H,4-5,8-9H2,1-3H3,(H2,17,20)(H2,18,19,21)/t13-/m0/s1. The van der Waals surface area contributed by atoms with Crippen LogP contribution in [0.15, 0.2) is 18.2 Å². The molecule has 1 aromatic rings. The fourth-order valence-electron chi connectivity index (χ4n) is 2.11. The molecule has 0 aliphatic carbocycles. The van der Waals surface area contributed by atoms with Crippen LogP contribution < -0.4 is 16.4 Å². The minimum absolute atomic E-state index is 0.342. The van der Waals surface area contributed by atoms with Crippen LogP contribution in [0.4, 0.5) is 10.5 Å². The predicted molar refractivity (Wildman–Crippen MR) is 86.8 cm³/mol. The van der Waals surface area contributed by atoms with E-state index in [4.69, 9.17) is 10.5 Å². The first kappa shape index (κ1) is 18.0. The molecule has 1 atom stereocenters. The molecule has 0 spiro atoms. The van der Waals surface area contributed by atoms with Crippen molar-refractivity contribution in [2.75, 3.05) is 19.0 Å². The molecule has 6 nitrogen and oxygen atoms in total. The van der Waals surface area contributed by atoms with Gasteiger partial charge in [0.15, 0.2) is 0 Å². The maximum atomic E-state index is 12.1. The number of amides is 3. The summed E-state index contributed by atoms with van der Waals surface area (Å²) in [5.41, 5.74) is 8.22. The van der Waals surface area contributed by atoms with Gasteiger partial charge in [0.2, 0.25) is 5.91 Å². The number of nitrogens with two attached hydrogens (primary N) is 1. The average molecular weight is 307 g/mol. The number of nitrogens with one attached hydrogen (secondary N) is 2. The van der Waals surface area contributed by atoms with Gasteiger partial charge in [0.1, 0.15) is 6.04 Å². The third-order valence-corrected chi connectivity index (χ3v) is 3.47. The fourth-order valence-corrected chi connectivity index (χ4v) is 2.11. The molecule has 0 aliphatic rings. The minimum atomic E-state index is -0.751. The Morgan fingerprint density at radius 3 is 2.55 bits per heavy atom. The topological polar surface area (TPSA) is 93.4 Å². The molecule has 0 bridgehead atoms. The first-order chi connectivity index (χ1) is 10.5. The number of urea groups is 1. The number of hydrogen-bond acceptors (Lipinski definition) is 3. The van der Waals surface area contributed by atoms with Crippen molar-refractivity contribution >= 4 is 17.6 Å². The van der Waals surface area contributed by atoms with E-state index >= 15 is 0 Å². The second-order valence-electron chi connectivity index (χ2n) is 5.03. The van der Waals surface area contributed by atoms with Crippen LogP contribution in [0.5, 0.6) is 0 Å². The second kappa shape index (κ2) is 9.04. The molecular weight excluding hydrogens is 282 g/mol. The lowest BCUT2D eigenvalue weighted by atomic mass is 10.1. The predicted octanol–water partition coefficient (Wildman–Crippen LogP) is 1.82. The summed E-state index contributed by atoms with van der Waals surface area (Å²) in [6, 6.07) is 4.81. The highest BCUT2D eigenvalue weighted by Crippen LogP contribution is 2.19. The zero-order valence-electron chi connectivity index (χ0n) is 13.4. The maximum absolute atomic E-state index is 12.1. The Hall–Kier alpha value is -2.08. The minimum Gasteiger partial charge on any atom is -0.385 e. The summed E-state index contributed by atoms with van der Waals surface area (Å²) in [5.74, 6) is -0.578. The first-order valence-electron chi connectivity index (χ1n) is 7.49. The highest BCUT2D eigenvalue weighted by atomic mass is 16.5. The van der Waals surface area contributed by atoms with E-state index in [2.05, 4.69) is 17.6 Å². The van der Waals surface area contributed by atoms with Gasteiger partial charge in [-0.05, 0) is 36.5 Å². The lowest BCUT2D eigenvalue weighted by Gasteiger charge is -2.17. The Balaban J connectivity index is 2.76. The number of aryl methyl sites for hydroxylation is 2. The SMILES string of the molecule is CCc1ccc(CC)c(NC(=O)N[C@@H](CCOC)C(N)=O)c1. The Kier molecular flexibility index (Phi) is 7.39. The summed E-state index contributed by atoms with van der Waals surface area (Å²) in [6.07, 6.45) is 2.04. The lowest BCUT2D eigenvalue weighted by Crippen LogP contribution is -2.46. The van der Waals surface area contributed by atoms with Gasteiger partial charge in [0.25, 0.3) is 0 Å². The van der Waals surface area contributed by atoms with Crippen molar-refractivity contribution in [1.82, 2.24) is 5.32 Å². The van der Waals surface area contributed by atoms with E-state index < -0.39 is 18.0 Å². The molecule has 0 aromatic heterocycles. The number of hydrogen-bond donors (Lipinski definition) is 3. The van der Waals surface area contributed by atoms with Crippen LogP contribution in [0, 0.1) is 0 Å². The number of methoxy groups -OCH3 is 1. The molecule has 1 aromatic carbocycles. The number of anilines is 1. The van der Waals surface area contributed by atoms with Gasteiger partial charge in [-0.15, -0.1) is 0 Å². The Labute approximate surface area is 131 Å². The molecular formula is C16H25N3O3. The lowest BCUT2D eigenvalue weighted by molar-refractivity contribution is -0.120. The molecule has 6 heteroatoms. The van der Waals surface area contributed by atoms with Crippen LogP contribution in [-0.4, -0.2) is 31.7 Å². The van der Waals surface area contributed by atoms with Gasteiger partial charge >= 0.3 is 6.03 Å². The van der Waals surface area contributed by atoms with Crippen molar-refractivity contribution in [3.63, 3.8) is 0 Å². The number of rotatable bonds is 8. The number of benzene rings is 1. The quantitative estimate of drug-likeness (QED) is 0.684. The molecule has 0 heterocycles. The Bertz CT molecular complexity index is 517. The number of carbonyl (C=O) groups is 2. The summed E-state index contributed by atoms with van der Waals surface area (Å²) in [5, 5.41) is 5.38. The monoisotopic (exact) mass is 307 g/mol. The van der Waals surface area contributed by atoms with Gasteiger partial charge in [0, 0.05) is 19.4 Å². The van der Waals surface area contributed by atoms with Gasteiger partial charge in [-0.25, -0.2) is 4.79 Å². The van der Waals surface area contributed by atoms with E-state index in [0.717, 1.165) is 29.7 Å². The maximum Gasteiger partial charge on any atom is 0.319 e. The molecule has 122 valence electrons. The van der Waals surface area contributed by atoms with Crippen molar-refractivity contribution in [1.29, 1.82) is 0 Å². The van der Waals surface area contributed by atoms with E-state index in [1.54, 1.807) is 0 Å². The van der Waals surface area contributed by atoms with Crippen LogP contribution in [0.3, 0.4) is 0 Å². The smallest absolute Gasteiger partial charge is 0.319 e. The normalized spacial score (nSPS) is 11.8. The van der Waals surface area contributed by atoms with Gasteiger partial charge in [-0.2, -0.15) is 0 Å². The highest BCUT2D eigenvalue weighted by Gasteiger charge is 2.18. The molecule has 22 heavy (non-hydrogen) atoms. The first-order valence-corrected chi connectivity index (χ1v) is 7.49. The van der Waals surface area contributed by atoms with E-state index in [0.29, 0.717) is 13.0 Å². The van der Waals surface area contributed by atoms with Crippen LogP contribution in [0.2, 0.25) is 0 Å². The molecule has 3 amide bonds.